The van der Waals surface area contributed by atoms with Crippen LogP contribution in [0.1, 0.15) is 11.1 Å². The van der Waals surface area contributed by atoms with Gasteiger partial charge in [-0.3, -0.25) is 10.1 Å². The maximum absolute atomic E-state index is 12.9. The fourth-order valence-electron chi connectivity index (χ4n) is 2.80. The van der Waals surface area contributed by atoms with Gasteiger partial charge in [0.1, 0.15) is 11.5 Å². The third-order valence-corrected chi connectivity index (χ3v) is 6.17. The molecule has 3 aromatic carbocycles. The molecule has 8 heteroatoms. The van der Waals surface area contributed by atoms with E-state index in [4.69, 9.17) is 4.74 Å². The predicted octanol–water partition coefficient (Wildman–Crippen LogP) is 4.52. The van der Waals surface area contributed by atoms with Crippen LogP contribution in [0, 0.1) is 17.0 Å². The van der Waals surface area contributed by atoms with Gasteiger partial charge in [-0.15, -0.1) is 0 Å². The number of ether oxygens (including phenoxy) is 1. The smallest absolute Gasteiger partial charge is 0.273 e. The molecule has 3 aromatic rings. The summed E-state index contributed by atoms with van der Waals surface area (Å²) in [6, 6.07) is 20.3. The van der Waals surface area contributed by atoms with Crippen LogP contribution in [0.3, 0.4) is 0 Å². The number of hydrogen-bond acceptors (Lipinski definition) is 5. The number of benzene rings is 3. The number of rotatable bonds is 7. The Morgan fingerprint density at radius 2 is 1.66 bits per heavy atom. The van der Waals surface area contributed by atoms with Crippen molar-refractivity contribution in [3.63, 3.8) is 0 Å². The van der Waals surface area contributed by atoms with Crippen molar-refractivity contribution in [2.45, 2.75) is 18.4 Å². The molecule has 0 heterocycles. The highest BCUT2D eigenvalue weighted by atomic mass is 32.2. The van der Waals surface area contributed by atoms with Crippen LogP contribution in [0.4, 0.5) is 5.69 Å². The number of sulfonamides is 1. The summed E-state index contributed by atoms with van der Waals surface area (Å²) < 4.78 is 32.7. The quantitative estimate of drug-likeness (QED) is 0.420. The minimum Gasteiger partial charge on any atom is -0.457 e. The van der Waals surface area contributed by atoms with Crippen molar-refractivity contribution < 1.29 is 18.1 Å². The van der Waals surface area contributed by atoms with Crippen LogP contribution in [0.5, 0.6) is 11.5 Å². The highest BCUT2D eigenvalue weighted by Crippen LogP contribution is 2.26. The maximum Gasteiger partial charge on any atom is 0.273 e. The Morgan fingerprint density at radius 3 is 2.34 bits per heavy atom. The monoisotopic (exact) mass is 412 g/mol. The zero-order valence-electron chi connectivity index (χ0n) is 16.0. The summed E-state index contributed by atoms with van der Waals surface area (Å²) in [7, 11) is -2.46. The predicted molar refractivity (Wildman–Crippen MR) is 109 cm³/mol. The van der Waals surface area contributed by atoms with Gasteiger partial charge in [-0.2, -0.15) is 4.31 Å². The molecule has 0 saturated carbocycles. The lowest BCUT2D eigenvalue weighted by Crippen LogP contribution is -2.26. The van der Waals surface area contributed by atoms with E-state index in [2.05, 4.69) is 0 Å². The Balaban J connectivity index is 1.81. The Morgan fingerprint density at radius 1 is 0.966 bits per heavy atom. The largest absolute Gasteiger partial charge is 0.457 e. The summed E-state index contributed by atoms with van der Waals surface area (Å²) in [6.07, 6.45) is 0. The van der Waals surface area contributed by atoms with Crippen LogP contribution in [0.15, 0.2) is 77.7 Å². The number of nitro groups is 1. The van der Waals surface area contributed by atoms with E-state index in [1.807, 2.05) is 30.3 Å². The normalized spacial score (nSPS) is 11.4. The molecule has 0 radical (unpaired) electrons. The molecule has 0 amide bonds. The van der Waals surface area contributed by atoms with Gasteiger partial charge in [0.05, 0.1) is 9.82 Å². The van der Waals surface area contributed by atoms with E-state index in [1.165, 1.54) is 19.2 Å². The molecule has 150 valence electrons. The molecule has 0 fully saturated rings. The molecule has 0 atom stereocenters. The van der Waals surface area contributed by atoms with Crippen LogP contribution in [-0.4, -0.2) is 24.7 Å². The zero-order chi connectivity index (χ0) is 21.0. The van der Waals surface area contributed by atoms with Crippen LogP contribution in [0.2, 0.25) is 0 Å². The van der Waals surface area contributed by atoms with Gasteiger partial charge in [0.25, 0.3) is 5.69 Å². The minimum atomic E-state index is -3.89. The average molecular weight is 412 g/mol. The summed E-state index contributed by atoms with van der Waals surface area (Å²) in [4.78, 5) is 10.4. The van der Waals surface area contributed by atoms with Crippen LogP contribution < -0.4 is 4.74 Å². The summed E-state index contributed by atoms with van der Waals surface area (Å²) in [5, 5.41) is 11.1. The average Bonchev–Trinajstić information content (AvgIpc) is 2.69. The van der Waals surface area contributed by atoms with Gasteiger partial charge in [0.2, 0.25) is 10.0 Å². The second-order valence-electron chi connectivity index (χ2n) is 6.53. The van der Waals surface area contributed by atoms with Crippen LogP contribution >= 0.6 is 0 Å². The lowest BCUT2D eigenvalue weighted by atomic mass is 10.2. The second-order valence-corrected chi connectivity index (χ2v) is 8.57. The molecule has 3 rings (SSSR count). The highest BCUT2D eigenvalue weighted by Gasteiger charge is 2.24. The summed E-state index contributed by atoms with van der Waals surface area (Å²) in [6.45, 7) is 1.66. The zero-order valence-corrected chi connectivity index (χ0v) is 16.8. The topological polar surface area (TPSA) is 89.8 Å². The lowest BCUT2D eigenvalue weighted by molar-refractivity contribution is -0.385. The van der Waals surface area contributed by atoms with Crippen LogP contribution in [0.25, 0.3) is 0 Å². The molecule has 0 aliphatic rings. The fraction of sp³-hybridized carbons (Fsp3) is 0.143. The van der Waals surface area contributed by atoms with Crippen molar-refractivity contribution in [3.05, 3.63) is 94.0 Å². The molecule has 0 aliphatic carbocycles. The Labute approximate surface area is 169 Å². The van der Waals surface area contributed by atoms with Crippen molar-refractivity contribution >= 4 is 15.7 Å². The molecule has 0 spiro atoms. The first kappa shape index (κ1) is 20.5. The van der Waals surface area contributed by atoms with Gasteiger partial charge in [-0.25, -0.2) is 8.42 Å². The lowest BCUT2D eigenvalue weighted by Gasteiger charge is -2.18. The molecule has 0 aromatic heterocycles. The maximum atomic E-state index is 12.9. The molecular weight excluding hydrogens is 392 g/mol. The van der Waals surface area contributed by atoms with Gasteiger partial charge >= 0.3 is 0 Å². The minimum absolute atomic E-state index is 0.0933. The SMILES string of the molecule is Cc1ccc(S(=O)(=O)N(C)Cc2cccc(Oc3ccccc3)c2)cc1[N+](=O)[O-]. The van der Waals surface area contributed by atoms with Gasteiger partial charge in [-0.1, -0.05) is 36.4 Å². The van der Waals surface area contributed by atoms with Gasteiger partial charge in [0.15, 0.2) is 0 Å². The van der Waals surface area contributed by atoms with Crippen molar-refractivity contribution in [1.29, 1.82) is 0 Å². The van der Waals surface area contributed by atoms with Crippen LogP contribution in [-0.2, 0) is 16.6 Å². The first-order valence-electron chi connectivity index (χ1n) is 8.80. The molecular formula is C21H20N2O5S. The number of para-hydroxylation sites is 1. The first-order chi connectivity index (χ1) is 13.8. The fourth-order valence-corrected chi connectivity index (χ4v) is 3.98. The second kappa shape index (κ2) is 8.42. The summed E-state index contributed by atoms with van der Waals surface area (Å²) >= 11 is 0. The van der Waals surface area contributed by atoms with Crippen molar-refractivity contribution in [3.8, 4) is 11.5 Å². The Hall–Kier alpha value is -3.23. The van der Waals surface area contributed by atoms with E-state index in [0.717, 1.165) is 15.9 Å². The number of nitrogens with zero attached hydrogens (tertiary/aromatic N) is 2. The van der Waals surface area contributed by atoms with E-state index < -0.39 is 14.9 Å². The number of nitro benzene ring substituents is 1. The molecule has 0 saturated heterocycles. The molecule has 7 nitrogen and oxygen atoms in total. The van der Waals surface area contributed by atoms with E-state index in [1.54, 1.807) is 31.2 Å². The van der Waals surface area contributed by atoms with E-state index >= 15 is 0 Å². The summed E-state index contributed by atoms with van der Waals surface area (Å²) in [5.74, 6) is 1.27. The molecule has 29 heavy (non-hydrogen) atoms. The molecule has 0 bridgehead atoms. The highest BCUT2D eigenvalue weighted by molar-refractivity contribution is 7.89. The molecule has 0 N–H and O–H groups in total. The summed E-state index contributed by atoms with van der Waals surface area (Å²) in [5.41, 5.74) is 0.909. The standard InChI is InChI=1S/C21H20N2O5S/c1-16-11-12-20(14-21(16)23(24)25)29(26,27)22(2)15-17-7-6-10-19(13-17)28-18-8-4-3-5-9-18/h3-14H,15H2,1-2H3. The van der Waals surface area contributed by atoms with E-state index in [9.17, 15) is 18.5 Å². The third-order valence-electron chi connectivity index (χ3n) is 4.37. The van der Waals surface area contributed by atoms with Gasteiger partial charge in [0, 0.05) is 25.2 Å². The van der Waals surface area contributed by atoms with Crippen molar-refractivity contribution in [2.75, 3.05) is 7.05 Å². The van der Waals surface area contributed by atoms with E-state index in [0.29, 0.717) is 17.1 Å². The number of hydrogen-bond donors (Lipinski definition) is 0. The third kappa shape index (κ3) is 4.79. The van der Waals surface area contributed by atoms with Gasteiger partial charge < -0.3 is 4.74 Å². The van der Waals surface area contributed by atoms with Crippen molar-refractivity contribution in [2.24, 2.45) is 0 Å². The first-order valence-corrected chi connectivity index (χ1v) is 10.2. The Kier molecular flexibility index (Phi) is 5.95. The van der Waals surface area contributed by atoms with Crippen molar-refractivity contribution in [1.82, 2.24) is 4.31 Å². The van der Waals surface area contributed by atoms with E-state index in [-0.39, 0.29) is 17.1 Å². The van der Waals surface area contributed by atoms with Gasteiger partial charge in [-0.05, 0) is 42.8 Å². The number of aryl methyl sites for hydroxylation is 1. The molecule has 0 aliphatic heterocycles. The molecule has 0 unspecified atom stereocenters. The Bertz CT molecular complexity index is 1130.